The minimum Gasteiger partial charge on any atom is -0.396 e. The van der Waals surface area contributed by atoms with Crippen molar-refractivity contribution in [3.8, 4) is 0 Å². The summed E-state index contributed by atoms with van der Waals surface area (Å²) in [4.78, 5) is 0. The molecule has 0 unspecified atom stereocenters. The van der Waals surface area contributed by atoms with E-state index < -0.39 is 0 Å². The van der Waals surface area contributed by atoms with E-state index in [1.807, 2.05) is 7.05 Å². The lowest BCUT2D eigenvalue weighted by atomic mass is 10.1. The average Bonchev–Trinajstić information content (AvgIpc) is 2.69. The fourth-order valence-electron chi connectivity index (χ4n) is 2.00. The lowest BCUT2D eigenvalue weighted by Crippen LogP contribution is -2.04. The van der Waals surface area contributed by atoms with Gasteiger partial charge in [-0.2, -0.15) is 0 Å². The fourth-order valence-corrected chi connectivity index (χ4v) is 2.00. The van der Waals surface area contributed by atoms with Gasteiger partial charge in [-0.15, -0.1) is 0 Å². The molecular formula is C13H18N2O. The van der Waals surface area contributed by atoms with Crippen molar-refractivity contribution < 1.29 is 5.11 Å². The molecule has 2 rings (SSSR count). The lowest BCUT2D eigenvalue weighted by molar-refractivity contribution is 0.280. The normalized spacial score (nSPS) is 11.1. The van der Waals surface area contributed by atoms with Crippen LogP contribution in [0.2, 0.25) is 0 Å². The quantitative estimate of drug-likeness (QED) is 0.802. The molecule has 0 aliphatic carbocycles. The molecule has 0 saturated carbocycles. The van der Waals surface area contributed by atoms with Crippen LogP contribution in [0.15, 0.2) is 30.5 Å². The molecule has 0 bridgehead atoms. The van der Waals surface area contributed by atoms with E-state index in [1.165, 1.54) is 16.5 Å². The number of aryl methyl sites for hydroxylation is 1. The van der Waals surface area contributed by atoms with E-state index in [1.54, 1.807) is 0 Å². The maximum Gasteiger partial charge on any atom is 0.0480 e. The molecule has 16 heavy (non-hydrogen) atoms. The highest BCUT2D eigenvalue weighted by molar-refractivity contribution is 5.80. The monoisotopic (exact) mass is 218 g/mol. The minimum atomic E-state index is 0.248. The predicted molar refractivity (Wildman–Crippen MR) is 66.4 cm³/mol. The van der Waals surface area contributed by atoms with Crippen LogP contribution in [0, 0.1) is 0 Å². The SMILES string of the molecule is CNCc1ccc2c(ccn2CCCO)c1. The van der Waals surface area contributed by atoms with Crippen molar-refractivity contribution in [2.24, 2.45) is 0 Å². The van der Waals surface area contributed by atoms with Crippen LogP contribution in [0.1, 0.15) is 12.0 Å². The number of nitrogens with one attached hydrogen (secondary N) is 1. The molecule has 2 aromatic rings. The molecule has 0 aliphatic heterocycles. The molecule has 3 heteroatoms. The van der Waals surface area contributed by atoms with Gasteiger partial charge in [-0.3, -0.25) is 0 Å². The highest BCUT2D eigenvalue weighted by atomic mass is 16.3. The van der Waals surface area contributed by atoms with Gasteiger partial charge in [-0.05, 0) is 42.6 Å². The molecule has 2 N–H and O–H groups in total. The van der Waals surface area contributed by atoms with Gasteiger partial charge in [0.05, 0.1) is 0 Å². The molecule has 0 spiro atoms. The van der Waals surface area contributed by atoms with Gasteiger partial charge in [0.1, 0.15) is 0 Å². The van der Waals surface area contributed by atoms with Crippen molar-refractivity contribution in [3.63, 3.8) is 0 Å². The van der Waals surface area contributed by atoms with E-state index in [4.69, 9.17) is 5.11 Å². The molecule has 0 atom stereocenters. The van der Waals surface area contributed by atoms with Gasteiger partial charge in [0.25, 0.3) is 0 Å². The molecule has 86 valence electrons. The third-order valence-corrected chi connectivity index (χ3v) is 2.77. The third-order valence-electron chi connectivity index (χ3n) is 2.77. The van der Waals surface area contributed by atoms with Gasteiger partial charge in [0.15, 0.2) is 0 Å². The zero-order valence-electron chi connectivity index (χ0n) is 9.61. The Bertz CT molecular complexity index is 462. The van der Waals surface area contributed by atoms with Crippen LogP contribution < -0.4 is 5.32 Å². The molecule has 1 aromatic heterocycles. The van der Waals surface area contributed by atoms with Crippen molar-refractivity contribution in [2.75, 3.05) is 13.7 Å². The van der Waals surface area contributed by atoms with E-state index in [0.717, 1.165) is 19.5 Å². The molecular weight excluding hydrogens is 200 g/mol. The second-order valence-corrected chi connectivity index (χ2v) is 4.01. The summed E-state index contributed by atoms with van der Waals surface area (Å²) in [7, 11) is 1.95. The summed E-state index contributed by atoms with van der Waals surface area (Å²) >= 11 is 0. The van der Waals surface area contributed by atoms with Crippen LogP contribution in [0.5, 0.6) is 0 Å². The zero-order chi connectivity index (χ0) is 11.4. The average molecular weight is 218 g/mol. The molecule has 0 fully saturated rings. The van der Waals surface area contributed by atoms with Crippen LogP contribution in [-0.2, 0) is 13.1 Å². The first-order valence-corrected chi connectivity index (χ1v) is 5.68. The summed E-state index contributed by atoms with van der Waals surface area (Å²) in [5.74, 6) is 0. The van der Waals surface area contributed by atoms with Gasteiger partial charge in [0.2, 0.25) is 0 Å². The zero-order valence-corrected chi connectivity index (χ0v) is 9.61. The second kappa shape index (κ2) is 5.14. The largest absolute Gasteiger partial charge is 0.396 e. The third kappa shape index (κ3) is 2.26. The molecule has 1 heterocycles. The van der Waals surface area contributed by atoms with Gasteiger partial charge >= 0.3 is 0 Å². The van der Waals surface area contributed by atoms with Crippen LogP contribution in [-0.4, -0.2) is 23.3 Å². The Hall–Kier alpha value is -1.32. The Kier molecular flexibility index (Phi) is 3.59. The molecule has 0 saturated heterocycles. The van der Waals surface area contributed by atoms with Crippen LogP contribution in [0.25, 0.3) is 10.9 Å². The van der Waals surface area contributed by atoms with Gasteiger partial charge < -0.3 is 15.0 Å². The van der Waals surface area contributed by atoms with Crippen LogP contribution >= 0.6 is 0 Å². The van der Waals surface area contributed by atoms with Crippen molar-refractivity contribution in [2.45, 2.75) is 19.5 Å². The van der Waals surface area contributed by atoms with E-state index >= 15 is 0 Å². The smallest absolute Gasteiger partial charge is 0.0480 e. The maximum absolute atomic E-state index is 8.83. The highest BCUT2D eigenvalue weighted by Crippen LogP contribution is 2.18. The summed E-state index contributed by atoms with van der Waals surface area (Å²) in [5.41, 5.74) is 2.54. The predicted octanol–water partition coefficient (Wildman–Crippen LogP) is 1.74. The van der Waals surface area contributed by atoms with Gasteiger partial charge in [-0.25, -0.2) is 0 Å². The summed E-state index contributed by atoms with van der Waals surface area (Å²) in [6, 6.07) is 8.64. The van der Waals surface area contributed by atoms with Gasteiger partial charge in [0, 0.05) is 31.4 Å². The molecule has 3 nitrogen and oxygen atoms in total. The van der Waals surface area contributed by atoms with E-state index in [9.17, 15) is 0 Å². The number of aromatic nitrogens is 1. The second-order valence-electron chi connectivity index (χ2n) is 4.01. The number of hydrogen-bond acceptors (Lipinski definition) is 2. The Morgan fingerprint density at radius 1 is 1.31 bits per heavy atom. The van der Waals surface area contributed by atoms with E-state index in [-0.39, 0.29) is 6.61 Å². The standard InChI is InChI=1S/C13H18N2O/c1-14-10-11-3-4-13-12(9-11)5-7-15(13)6-2-8-16/h3-5,7,9,14,16H,2,6,8,10H2,1H3. The van der Waals surface area contributed by atoms with Gasteiger partial charge in [-0.1, -0.05) is 6.07 Å². The number of aliphatic hydroxyl groups is 1. The van der Waals surface area contributed by atoms with Crippen molar-refractivity contribution >= 4 is 10.9 Å². The number of aliphatic hydroxyl groups excluding tert-OH is 1. The maximum atomic E-state index is 8.83. The number of rotatable bonds is 5. The van der Waals surface area contributed by atoms with E-state index in [0.29, 0.717) is 0 Å². The summed E-state index contributed by atoms with van der Waals surface area (Å²) in [6.07, 6.45) is 2.89. The van der Waals surface area contributed by atoms with Crippen LogP contribution in [0.3, 0.4) is 0 Å². The first-order chi connectivity index (χ1) is 7.85. The van der Waals surface area contributed by atoms with Crippen molar-refractivity contribution in [3.05, 3.63) is 36.0 Å². The Balaban J connectivity index is 2.27. The first-order valence-electron chi connectivity index (χ1n) is 5.68. The number of fused-ring (bicyclic) bond motifs is 1. The highest BCUT2D eigenvalue weighted by Gasteiger charge is 2.01. The van der Waals surface area contributed by atoms with Crippen LogP contribution in [0.4, 0.5) is 0 Å². The Morgan fingerprint density at radius 2 is 2.19 bits per heavy atom. The minimum absolute atomic E-state index is 0.248. The van der Waals surface area contributed by atoms with Crippen molar-refractivity contribution in [1.82, 2.24) is 9.88 Å². The first kappa shape index (κ1) is 11.2. The van der Waals surface area contributed by atoms with Crippen molar-refractivity contribution in [1.29, 1.82) is 0 Å². The van der Waals surface area contributed by atoms with E-state index in [2.05, 4.69) is 40.3 Å². The summed E-state index contributed by atoms with van der Waals surface area (Å²) in [6.45, 7) is 2.03. The summed E-state index contributed by atoms with van der Waals surface area (Å²) < 4.78 is 2.19. The topological polar surface area (TPSA) is 37.2 Å². The molecule has 0 aliphatic rings. The fraction of sp³-hybridized carbons (Fsp3) is 0.385. The lowest BCUT2D eigenvalue weighted by Gasteiger charge is -2.05. The summed E-state index contributed by atoms with van der Waals surface area (Å²) in [5, 5.41) is 13.2. The Morgan fingerprint density at radius 3 is 2.94 bits per heavy atom. The molecule has 0 radical (unpaired) electrons. The number of nitrogens with zero attached hydrogens (tertiary/aromatic N) is 1. The Labute approximate surface area is 95.7 Å². The molecule has 0 amide bonds. The molecule has 1 aromatic carbocycles. The number of hydrogen-bond donors (Lipinski definition) is 2. The number of benzene rings is 1.